The maximum atomic E-state index is 13.0. The van der Waals surface area contributed by atoms with Gasteiger partial charge < -0.3 is 5.32 Å². The highest BCUT2D eigenvalue weighted by atomic mass is 32.2. The zero-order valence-electron chi connectivity index (χ0n) is 11.4. The highest BCUT2D eigenvalue weighted by molar-refractivity contribution is 7.88. The standard InChI is InChI=1S/C11H16FN5O2S/c1-11(2,16-20(3,18)19)7-13-10-14-9-5-4-8(12)6-17(9)15-10/h4-6,16H,7H2,1-3H3,(H,13,15). The Kier molecular flexibility index (Phi) is 3.65. The molecule has 0 saturated carbocycles. The van der Waals surface area contributed by atoms with Crippen molar-refractivity contribution < 1.29 is 12.8 Å². The highest BCUT2D eigenvalue weighted by Crippen LogP contribution is 2.09. The smallest absolute Gasteiger partial charge is 0.243 e. The van der Waals surface area contributed by atoms with E-state index >= 15 is 0 Å². The van der Waals surface area contributed by atoms with Gasteiger partial charge in [-0.25, -0.2) is 22.0 Å². The van der Waals surface area contributed by atoms with Crippen LogP contribution in [-0.4, -0.2) is 41.4 Å². The number of anilines is 1. The molecule has 2 aromatic rings. The zero-order valence-corrected chi connectivity index (χ0v) is 12.2. The lowest BCUT2D eigenvalue weighted by atomic mass is 10.1. The van der Waals surface area contributed by atoms with E-state index in [9.17, 15) is 12.8 Å². The Morgan fingerprint density at radius 3 is 2.75 bits per heavy atom. The Morgan fingerprint density at radius 1 is 1.40 bits per heavy atom. The summed E-state index contributed by atoms with van der Waals surface area (Å²) in [7, 11) is -3.30. The topological polar surface area (TPSA) is 88.4 Å². The quantitative estimate of drug-likeness (QED) is 0.844. The van der Waals surface area contributed by atoms with E-state index in [-0.39, 0.29) is 0 Å². The van der Waals surface area contributed by atoms with E-state index in [1.54, 1.807) is 13.8 Å². The van der Waals surface area contributed by atoms with Crippen molar-refractivity contribution in [3.05, 3.63) is 24.1 Å². The number of halogens is 1. The molecule has 0 spiro atoms. The van der Waals surface area contributed by atoms with Crippen LogP contribution < -0.4 is 10.0 Å². The van der Waals surface area contributed by atoms with Gasteiger partial charge >= 0.3 is 0 Å². The van der Waals surface area contributed by atoms with E-state index in [0.717, 1.165) is 6.26 Å². The van der Waals surface area contributed by atoms with Crippen LogP contribution in [0.5, 0.6) is 0 Å². The third-order valence-electron chi connectivity index (χ3n) is 2.45. The minimum absolute atomic E-state index is 0.291. The van der Waals surface area contributed by atoms with Crippen molar-refractivity contribution in [2.24, 2.45) is 0 Å². The second kappa shape index (κ2) is 4.98. The minimum atomic E-state index is -3.30. The van der Waals surface area contributed by atoms with Crippen molar-refractivity contribution in [2.75, 3.05) is 18.1 Å². The summed E-state index contributed by atoms with van der Waals surface area (Å²) in [5.74, 6) is -0.105. The molecule has 0 aliphatic carbocycles. The van der Waals surface area contributed by atoms with E-state index in [1.807, 2.05) is 0 Å². The molecule has 0 amide bonds. The van der Waals surface area contributed by atoms with Crippen LogP contribution in [0.4, 0.5) is 10.3 Å². The molecule has 2 N–H and O–H groups in total. The number of fused-ring (bicyclic) bond motifs is 1. The Morgan fingerprint density at radius 2 is 2.10 bits per heavy atom. The first-order valence-corrected chi connectivity index (χ1v) is 7.79. The molecule has 2 aromatic heterocycles. The summed E-state index contributed by atoms with van der Waals surface area (Å²) in [6.45, 7) is 3.76. The largest absolute Gasteiger partial charge is 0.351 e. The number of nitrogens with zero attached hydrogens (tertiary/aromatic N) is 3. The fraction of sp³-hybridized carbons (Fsp3) is 0.455. The number of hydrogen-bond donors (Lipinski definition) is 2. The molecule has 0 fully saturated rings. The molecule has 0 bridgehead atoms. The lowest BCUT2D eigenvalue weighted by Gasteiger charge is -2.24. The van der Waals surface area contributed by atoms with Gasteiger partial charge in [-0.3, -0.25) is 0 Å². The van der Waals surface area contributed by atoms with Gasteiger partial charge in [-0.2, -0.15) is 4.98 Å². The average Bonchev–Trinajstić information content (AvgIpc) is 2.65. The number of nitrogens with one attached hydrogen (secondary N) is 2. The maximum absolute atomic E-state index is 13.0. The summed E-state index contributed by atoms with van der Waals surface area (Å²) < 4.78 is 39.3. The number of sulfonamides is 1. The van der Waals surface area contributed by atoms with Gasteiger partial charge in [0.1, 0.15) is 5.82 Å². The van der Waals surface area contributed by atoms with Crippen molar-refractivity contribution in [1.29, 1.82) is 0 Å². The van der Waals surface area contributed by atoms with Crippen LogP contribution in [0.15, 0.2) is 18.3 Å². The SMILES string of the molecule is CC(C)(CNc1nc2ccc(F)cn2n1)NS(C)(=O)=O. The first kappa shape index (κ1) is 14.7. The van der Waals surface area contributed by atoms with E-state index < -0.39 is 21.4 Å². The van der Waals surface area contributed by atoms with Gasteiger partial charge in [0.25, 0.3) is 0 Å². The molecule has 0 aliphatic rings. The molecule has 0 aromatic carbocycles. The molecule has 2 rings (SSSR count). The van der Waals surface area contributed by atoms with Crippen LogP contribution >= 0.6 is 0 Å². The molecule has 20 heavy (non-hydrogen) atoms. The van der Waals surface area contributed by atoms with Crippen LogP contribution in [0, 0.1) is 5.82 Å². The summed E-state index contributed by atoms with van der Waals surface area (Å²) in [6.07, 6.45) is 2.31. The molecule has 2 heterocycles. The molecule has 0 unspecified atom stereocenters. The maximum Gasteiger partial charge on any atom is 0.243 e. The van der Waals surface area contributed by atoms with Crippen LogP contribution in [-0.2, 0) is 10.0 Å². The monoisotopic (exact) mass is 301 g/mol. The fourth-order valence-corrected chi connectivity index (χ4v) is 2.85. The van der Waals surface area contributed by atoms with E-state index in [0.29, 0.717) is 18.1 Å². The van der Waals surface area contributed by atoms with E-state index in [1.165, 1.54) is 22.8 Å². The van der Waals surface area contributed by atoms with Crippen molar-refractivity contribution in [1.82, 2.24) is 19.3 Å². The van der Waals surface area contributed by atoms with Gasteiger partial charge in [-0.1, -0.05) is 0 Å². The van der Waals surface area contributed by atoms with Crippen LogP contribution in [0.3, 0.4) is 0 Å². The van der Waals surface area contributed by atoms with Crippen molar-refractivity contribution >= 4 is 21.6 Å². The molecule has 0 aliphatic heterocycles. The minimum Gasteiger partial charge on any atom is -0.351 e. The molecule has 7 nitrogen and oxygen atoms in total. The molecular weight excluding hydrogens is 285 g/mol. The van der Waals surface area contributed by atoms with Crippen molar-refractivity contribution in [2.45, 2.75) is 19.4 Å². The van der Waals surface area contributed by atoms with Gasteiger partial charge in [0.15, 0.2) is 5.65 Å². The zero-order chi connectivity index (χ0) is 15.0. The summed E-state index contributed by atoms with van der Waals surface area (Å²) in [5, 5.41) is 6.97. The van der Waals surface area contributed by atoms with Crippen LogP contribution in [0.1, 0.15) is 13.8 Å². The fourth-order valence-electron chi connectivity index (χ4n) is 1.77. The summed E-state index contributed by atoms with van der Waals surface area (Å²) >= 11 is 0. The van der Waals surface area contributed by atoms with E-state index in [2.05, 4.69) is 20.1 Å². The number of pyridine rings is 1. The third-order valence-corrected chi connectivity index (χ3v) is 3.37. The summed E-state index contributed by atoms with van der Waals surface area (Å²) in [4.78, 5) is 4.15. The predicted molar refractivity (Wildman–Crippen MR) is 73.5 cm³/mol. The molecule has 110 valence electrons. The van der Waals surface area contributed by atoms with Crippen molar-refractivity contribution in [3.8, 4) is 0 Å². The van der Waals surface area contributed by atoms with Crippen molar-refractivity contribution in [3.63, 3.8) is 0 Å². The van der Waals surface area contributed by atoms with Gasteiger partial charge in [0.05, 0.1) is 12.5 Å². The number of aromatic nitrogens is 3. The Labute approximate surface area is 116 Å². The lowest BCUT2D eigenvalue weighted by molar-refractivity contribution is 0.475. The van der Waals surface area contributed by atoms with Gasteiger partial charge in [-0.05, 0) is 26.0 Å². The Bertz CT molecular complexity index is 725. The first-order chi connectivity index (χ1) is 9.15. The van der Waals surface area contributed by atoms with Crippen LogP contribution in [0.25, 0.3) is 5.65 Å². The Balaban J connectivity index is 2.09. The number of rotatable bonds is 5. The third kappa shape index (κ3) is 3.87. The molecule has 9 heteroatoms. The predicted octanol–water partition coefficient (Wildman–Crippen LogP) is 0.608. The van der Waals surface area contributed by atoms with Gasteiger partial charge in [-0.15, -0.1) is 5.10 Å². The van der Waals surface area contributed by atoms with Crippen LogP contribution in [0.2, 0.25) is 0 Å². The van der Waals surface area contributed by atoms with Gasteiger partial charge in [0.2, 0.25) is 16.0 Å². The second-order valence-electron chi connectivity index (χ2n) is 5.20. The molecule has 0 radical (unpaired) electrons. The number of hydrogen-bond acceptors (Lipinski definition) is 5. The molecule has 0 saturated heterocycles. The second-order valence-corrected chi connectivity index (χ2v) is 6.95. The first-order valence-electron chi connectivity index (χ1n) is 5.89. The average molecular weight is 301 g/mol. The summed E-state index contributed by atoms with van der Waals surface area (Å²) in [5.41, 5.74) is -0.196. The van der Waals surface area contributed by atoms with Gasteiger partial charge in [0, 0.05) is 12.1 Å². The highest BCUT2D eigenvalue weighted by Gasteiger charge is 2.22. The molecular formula is C11H16FN5O2S. The lowest BCUT2D eigenvalue weighted by Crippen LogP contribution is -2.47. The molecule has 0 atom stereocenters. The normalized spacial score (nSPS) is 12.8. The van der Waals surface area contributed by atoms with E-state index in [4.69, 9.17) is 0 Å². The summed E-state index contributed by atoms with van der Waals surface area (Å²) in [6, 6.07) is 2.80. The Hall–Kier alpha value is -1.74.